The molecule has 2 aromatic carbocycles. The number of carbonyl (C=O) groups is 1. The maximum Gasteiger partial charge on any atom is 0.143 e. The smallest absolute Gasteiger partial charge is 0.143 e. The third-order valence-corrected chi connectivity index (χ3v) is 5.56. The molecule has 1 heterocycles. The molecule has 1 saturated carbocycles. The van der Waals surface area contributed by atoms with Gasteiger partial charge in [-0.1, -0.05) is 67.9 Å². The van der Waals surface area contributed by atoms with E-state index in [1.807, 2.05) is 42.5 Å². The molecule has 1 aliphatic carbocycles. The normalized spacial score (nSPS) is 24.5. The Hall–Kier alpha value is -2.19. The highest BCUT2D eigenvalue weighted by Crippen LogP contribution is 2.45. The molecule has 0 bridgehead atoms. The molecule has 3 heteroatoms. The molecule has 0 amide bonds. The van der Waals surface area contributed by atoms with Crippen molar-refractivity contribution in [3.05, 3.63) is 76.8 Å². The first-order valence-corrected chi connectivity index (χ1v) is 9.44. The SMILES string of the molecule is CC1(C)CC(=O)C2C(=NC(c3ccccc3)=CC2c2ccc(Cl)cc2)C1. The number of carbonyl (C=O) groups excluding carboxylic acids is 1. The molecule has 0 aromatic heterocycles. The average molecular weight is 364 g/mol. The van der Waals surface area contributed by atoms with E-state index >= 15 is 0 Å². The molecule has 1 aliphatic heterocycles. The quantitative estimate of drug-likeness (QED) is 0.650. The van der Waals surface area contributed by atoms with Gasteiger partial charge in [-0.3, -0.25) is 9.79 Å². The van der Waals surface area contributed by atoms with Gasteiger partial charge in [-0.25, -0.2) is 0 Å². The van der Waals surface area contributed by atoms with Crippen molar-refractivity contribution in [3.63, 3.8) is 0 Å². The molecule has 1 fully saturated rings. The van der Waals surface area contributed by atoms with Gasteiger partial charge in [0, 0.05) is 23.1 Å². The van der Waals surface area contributed by atoms with Crippen LogP contribution in [0.25, 0.3) is 5.70 Å². The van der Waals surface area contributed by atoms with Crippen LogP contribution in [-0.2, 0) is 4.79 Å². The summed E-state index contributed by atoms with van der Waals surface area (Å²) < 4.78 is 0. The number of halogens is 1. The molecule has 2 atom stereocenters. The van der Waals surface area contributed by atoms with Crippen molar-refractivity contribution in [1.29, 1.82) is 0 Å². The number of benzene rings is 2. The summed E-state index contributed by atoms with van der Waals surface area (Å²) in [6.45, 7) is 4.31. The van der Waals surface area contributed by atoms with Crippen LogP contribution in [0.2, 0.25) is 5.02 Å². The van der Waals surface area contributed by atoms with Crippen molar-refractivity contribution < 1.29 is 4.79 Å². The van der Waals surface area contributed by atoms with E-state index in [-0.39, 0.29) is 17.3 Å². The van der Waals surface area contributed by atoms with Crippen LogP contribution in [0.15, 0.2) is 65.7 Å². The fourth-order valence-electron chi connectivity index (χ4n) is 4.15. The van der Waals surface area contributed by atoms with E-state index in [0.29, 0.717) is 17.2 Å². The summed E-state index contributed by atoms with van der Waals surface area (Å²) in [5, 5.41) is 0.710. The summed E-state index contributed by atoms with van der Waals surface area (Å²) in [6.07, 6.45) is 3.62. The van der Waals surface area contributed by atoms with Crippen LogP contribution in [0.1, 0.15) is 43.7 Å². The van der Waals surface area contributed by atoms with Crippen LogP contribution >= 0.6 is 11.6 Å². The summed E-state index contributed by atoms with van der Waals surface area (Å²) in [4.78, 5) is 17.9. The predicted molar refractivity (Wildman–Crippen MR) is 108 cm³/mol. The third kappa shape index (κ3) is 3.26. The monoisotopic (exact) mass is 363 g/mol. The van der Waals surface area contributed by atoms with Crippen molar-refractivity contribution in [1.82, 2.24) is 0 Å². The average Bonchev–Trinajstić information content (AvgIpc) is 2.61. The second-order valence-corrected chi connectivity index (χ2v) is 8.50. The Morgan fingerprint density at radius 3 is 2.38 bits per heavy atom. The number of ketones is 1. The minimum Gasteiger partial charge on any atom is -0.299 e. The summed E-state index contributed by atoms with van der Waals surface area (Å²) in [5.41, 5.74) is 4.16. The third-order valence-electron chi connectivity index (χ3n) is 5.30. The van der Waals surface area contributed by atoms with E-state index in [1.165, 1.54) is 0 Å². The Morgan fingerprint density at radius 1 is 1.00 bits per heavy atom. The number of nitrogens with zero attached hydrogens (tertiary/aromatic N) is 1. The highest BCUT2D eigenvalue weighted by atomic mass is 35.5. The van der Waals surface area contributed by atoms with Gasteiger partial charge in [0.1, 0.15) is 5.78 Å². The molecule has 0 saturated heterocycles. The van der Waals surface area contributed by atoms with Gasteiger partial charge in [0.15, 0.2) is 0 Å². The Balaban J connectivity index is 1.83. The zero-order valence-electron chi connectivity index (χ0n) is 15.1. The second kappa shape index (κ2) is 6.51. The number of Topliss-reactive ketones (excluding diaryl/α,β-unsaturated/α-hetero) is 1. The van der Waals surface area contributed by atoms with E-state index in [2.05, 4.69) is 32.1 Å². The van der Waals surface area contributed by atoms with Crippen molar-refractivity contribution in [3.8, 4) is 0 Å². The van der Waals surface area contributed by atoms with Crippen LogP contribution in [-0.4, -0.2) is 11.5 Å². The molecule has 2 aliphatic rings. The fourth-order valence-corrected chi connectivity index (χ4v) is 4.27. The molecule has 0 radical (unpaired) electrons. The lowest BCUT2D eigenvalue weighted by Gasteiger charge is -2.39. The Labute approximate surface area is 159 Å². The highest BCUT2D eigenvalue weighted by molar-refractivity contribution is 6.30. The van der Waals surface area contributed by atoms with Crippen LogP contribution < -0.4 is 0 Å². The predicted octanol–water partition coefficient (Wildman–Crippen LogP) is 5.92. The fraction of sp³-hybridized carbons (Fsp3) is 0.304. The molecule has 26 heavy (non-hydrogen) atoms. The number of rotatable bonds is 2. The topological polar surface area (TPSA) is 29.4 Å². The van der Waals surface area contributed by atoms with E-state index in [1.54, 1.807) is 0 Å². The Bertz CT molecular complexity index is 894. The van der Waals surface area contributed by atoms with Gasteiger partial charge in [0.2, 0.25) is 0 Å². The molecule has 0 N–H and O–H groups in total. The highest BCUT2D eigenvalue weighted by Gasteiger charge is 2.43. The summed E-state index contributed by atoms with van der Waals surface area (Å²) in [7, 11) is 0. The van der Waals surface area contributed by atoms with E-state index < -0.39 is 0 Å². The maximum absolute atomic E-state index is 13.0. The van der Waals surface area contributed by atoms with Gasteiger partial charge in [0.05, 0.1) is 11.6 Å². The summed E-state index contributed by atoms with van der Waals surface area (Å²) in [6, 6.07) is 18.1. The number of allylic oxidation sites excluding steroid dienone is 1. The van der Waals surface area contributed by atoms with Gasteiger partial charge < -0.3 is 0 Å². The zero-order chi connectivity index (χ0) is 18.3. The summed E-state index contributed by atoms with van der Waals surface area (Å²) in [5.74, 6) is 0.151. The first-order chi connectivity index (χ1) is 12.4. The molecular formula is C23H22ClNO. The van der Waals surface area contributed by atoms with Gasteiger partial charge in [0.25, 0.3) is 0 Å². The molecule has 132 valence electrons. The number of hydrogen-bond acceptors (Lipinski definition) is 2. The van der Waals surface area contributed by atoms with Crippen LogP contribution in [0.4, 0.5) is 0 Å². The molecule has 2 aromatic rings. The first kappa shape index (κ1) is 17.2. The van der Waals surface area contributed by atoms with Crippen LogP contribution in [0.5, 0.6) is 0 Å². The number of fused-ring (bicyclic) bond motifs is 1. The second-order valence-electron chi connectivity index (χ2n) is 8.06. The van der Waals surface area contributed by atoms with E-state index in [0.717, 1.165) is 29.0 Å². The van der Waals surface area contributed by atoms with Crippen molar-refractivity contribution in [2.24, 2.45) is 16.3 Å². The Morgan fingerprint density at radius 2 is 1.69 bits per heavy atom. The lowest BCUT2D eigenvalue weighted by atomic mass is 9.65. The van der Waals surface area contributed by atoms with Crippen molar-refractivity contribution >= 4 is 28.8 Å². The van der Waals surface area contributed by atoms with Gasteiger partial charge in [-0.15, -0.1) is 0 Å². The number of aliphatic imine (C=N–C) groups is 1. The molecule has 0 spiro atoms. The van der Waals surface area contributed by atoms with Crippen molar-refractivity contribution in [2.75, 3.05) is 0 Å². The first-order valence-electron chi connectivity index (χ1n) is 9.06. The minimum absolute atomic E-state index is 0.0126. The molecular weight excluding hydrogens is 342 g/mol. The minimum atomic E-state index is -0.156. The van der Waals surface area contributed by atoms with Crippen LogP contribution in [0.3, 0.4) is 0 Å². The Kier molecular flexibility index (Phi) is 4.32. The molecule has 2 nitrogen and oxygen atoms in total. The van der Waals surface area contributed by atoms with Gasteiger partial charge in [-0.05, 0) is 41.2 Å². The van der Waals surface area contributed by atoms with Crippen molar-refractivity contribution in [2.45, 2.75) is 32.6 Å². The lowest BCUT2D eigenvalue weighted by Crippen LogP contribution is -2.41. The lowest BCUT2D eigenvalue weighted by molar-refractivity contribution is -0.124. The van der Waals surface area contributed by atoms with Gasteiger partial charge >= 0.3 is 0 Å². The largest absolute Gasteiger partial charge is 0.299 e. The molecule has 2 unspecified atom stereocenters. The summed E-state index contributed by atoms with van der Waals surface area (Å²) >= 11 is 6.07. The van der Waals surface area contributed by atoms with E-state index in [9.17, 15) is 4.79 Å². The standard InChI is InChI=1S/C23H22ClNO/c1-23(2)13-20-22(21(26)14-23)18(15-8-10-17(24)11-9-15)12-19(25-20)16-6-4-3-5-7-16/h3-12,18,22H,13-14H2,1-2H3. The molecule has 4 rings (SSSR count). The zero-order valence-corrected chi connectivity index (χ0v) is 15.8. The number of hydrogen-bond donors (Lipinski definition) is 0. The maximum atomic E-state index is 13.0. The van der Waals surface area contributed by atoms with Gasteiger partial charge in [-0.2, -0.15) is 0 Å². The van der Waals surface area contributed by atoms with E-state index in [4.69, 9.17) is 16.6 Å². The van der Waals surface area contributed by atoms with Crippen LogP contribution in [0, 0.1) is 11.3 Å².